The standard InChI is InChI=1S/C23H25N3O5/c1-4-31-22(28)19-20(15-8-7-9-16(14-15)30-3)26-18-11-6-5-10-17(18)24-23(26)25(21(19)27)12-13-29-2/h5-11,14,19-20H,4,12-13H2,1-3H3/t19-,20-/m1/s1. The fraction of sp³-hybridized carbons (Fsp3) is 0.348. The summed E-state index contributed by atoms with van der Waals surface area (Å²) in [6.45, 7) is 2.50. The molecule has 1 aliphatic heterocycles. The Labute approximate surface area is 180 Å². The van der Waals surface area contributed by atoms with Crippen LogP contribution < -0.4 is 9.64 Å². The van der Waals surface area contributed by atoms with Gasteiger partial charge in [-0.2, -0.15) is 0 Å². The SMILES string of the molecule is CCOC(=O)[C@H]1C(=O)N(CCOC)c2nc3ccccc3n2[C@@H]1c1cccc(OC)c1. The molecule has 3 aromatic rings. The van der Waals surface area contributed by atoms with Gasteiger partial charge in [-0.15, -0.1) is 0 Å². The molecule has 0 spiro atoms. The molecule has 8 heteroatoms. The lowest BCUT2D eigenvalue weighted by molar-refractivity contribution is -0.153. The normalized spacial score (nSPS) is 18.2. The number of imidazole rings is 1. The summed E-state index contributed by atoms with van der Waals surface area (Å²) in [5.41, 5.74) is 2.33. The van der Waals surface area contributed by atoms with Gasteiger partial charge in [-0.3, -0.25) is 14.5 Å². The van der Waals surface area contributed by atoms with Crippen LogP contribution in [0.5, 0.6) is 5.75 Å². The van der Waals surface area contributed by atoms with Gasteiger partial charge in [-0.1, -0.05) is 24.3 Å². The minimum Gasteiger partial charge on any atom is -0.497 e. The van der Waals surface area contributed by atoms with Gasteiger partial charge in [0.25, 0.3) is 0 Å². The van der Waals surface area contributed by atoms with Crippen LogP contribution in [0.25, 0.3) is 11.0 Å². The Morgan fingerprint density at radius 3 is 2.68 bits per heavy atom. The monoisotopic (exact) mass is 423 g/mol. The van der Waals surface area contributed by atoms with Gasteiger partial charge < -0.3 is 18.8 Å². The predicted octanol–water partition coefficient (Wildman–Crippen LogP) is 2.81. The summed E-state index contributed by atoms with van der Waals surface area (Å²) in [7, 11) is 3.15. The number of ether oxygens (including phenoxy) is 3. The molecule has 2 heterocycles. The van der Waals surface area contributed by atoms with E-state index in [9.17, 15) is 9.59 Å². The zero-order chi connectivity index (χ0) is 22.0. The van der Waals surface area contributed by atoms with Gasteiger partial charge in [0.2, 0.25) is 11.9 Å². The summed E-state index contributed by atoms with van der Waals surface area (Å²) in [5, 5.41) is 0. The van der Waals surface area contributed by atoms with Crippen molar-refractivity contribution in [2.75, 3.05) is 38.9 Å². The van der Waals surface area contributed by atoms with Gasteiger partial charge in [0.1, 0.15) is 5.75 Å². The van der Waals surface area contributed by atoms with Gasteiger partial charge in [0, 0.05) is 7.11 Å². The molecule has 31 heavy (non-hydrogen) atoms. The Kier molecular flexibility index (Phi) is 5.90. The minimum atomic E-state index is -1.06. The number of hydrogen-bond donors (Lipinski definition) is 0. The number of carbonyl (C=O) groups is 2. The van der Waals surface area contributed by atoms with E-state index in [-0.39, 0.29) is 19.1 Å². The van der Waals surface area contributed by atoms with Crippen molar-refractivity contribution in [3.63, 3.8) is 0 Å². The largest absolute Gasteiger partial charge is 0.497 e. The van der Waals surface area contributed by atoms with Crippen LogP contribution in [0.1, 0.15) is 18.5 Å². The van der Waals surface area contributed by atoms with Crippen LogP contribution in [0, 0.1) is 5.92 Å². The predicted molar refractivity (Wildman–Crippen MR) is 115 cm³/mol. The average molecular weight is 423 g/mol. The molecule has 4 rings (SSSR count). The highest BCUT2D eigenvalue weighted by Gasteiger charge is 2.47. The van der Waals surface area contributed by atoms with Crippen molar-refractivity contribution in [1.29, 1.82) is 0 Å². The fourth-order valence-corrected chi connectivity index (χ4v) is 4.07. The zero-order valence-corrected chi connectivity index (χ0v) is 17.8. The van der Waals surface area contributed by atoms with Crippen molar-refractivity contribution in [2.24, 2.45) is 5.92 Å². The Bertz CT molecular complexity index is 1110. The first-order valence-corrected chi connectivity index (χ1v) is 10.2. The Morgan fingerprint density at radius 2 is 1.94 bits per heavy atom. The lowest BCUT2D eigenvalue weighted by Crippen LogP contribution is -2.51. The van der Waals surface area contributed by atoms with E-state index in [1.54, 1.807) is 21.1 Å². The van der Waals surface area contributed by atoms with Crippen LogP contribution in [0.3, 0.4) is 0 Å². The van der Waals surface area contributed by atoms with Crippen molar-refractivity contribution >= 4 is 28.9 Å². The maximum Gasteiger partial charge on any atom is 0.321 e. The van der Waals surface area contributed by atoms with E-state index in [4.69, 9.17) is 19.2 Å². The molecule has 1 aromatic heterocycles. The lowest BCUT2D eigenvalue weighted by Gasteiger charge is -2.37. The third kappa shape index (κ3) is 3.63. The maximum absolute atomic E-state index is 13.6. The summed E-state index contributed by atoms with van der Waals surface area (Å²) in [5.74, 6) is -0.858. The van der Waals surface area contributed by atoms with Crippen LogP contribution in [-0.4, -0.2) is 55.4 Å². The van der Waals surface area contributed by atoms with Crippen LogP contribution >= 0.6 is 0 Å². The number of carbonyl (C=O) groups excluding carboxylic acids is 2. The minimum absolute atomic E-state index is 0.184. The number of benzene rings is 2. The molecule has 1 aliphatic rings. The van der Waals surface area contributed by atoms with E-state index in [1.165, 1.54) is 4.90 Å². The number of nitrogens with zero attached hydrogens (tertiary/aromatic N) is 3. The number of hydrogen-bond acceptors (Lipinski definition) is 6. The molecule has 0 unspecified atom stereocenters. The number of esters is 1. The van der Waals surface area contributed by atoms with E-state index < -0.39 is 17.9 Å². The summed E-state index contributed by atoms with van der Waals surface area (Å²) >= 11 is 0. The van der Waals surface area contributed by atoms with Gasteiger partial charge >= 0.3 is 5.97 Å². The highest BCUT2D eigenvalue weighted by molar-refractivity contribution is 6.08. The second-order valence-electron chi connectivity index (χ2n) is 7.20. The molecule has 0 fully saturated rings. The van der Waals surface area contributed by atoms with E-state index in [0.29, 0.717) is 18.3 Å². The smallest absolute Gasteiger partial charge is 0.321 e. The Morgan fingerprint density at radius 1 is 1.13 bits per heavy atom. The van der Waals surface area contributed by atoms with Crippen molar-refractivity contribution in [1.82, 2.24) is 9.55 Å². The van der Waals surface area contributed by atoms with Crippen molar-refractivity contribution < 1.29 is 23.8 Å². The second-order valence-corrected chi connectivity index (χ2v) is 7.20. The fourth-order valence-electron chi connectivity index (χ4n) is 4.07. The van der Waals surface area contributed by atoms with Crippen LogP contribution in [0.15, 0.2) is 48.5 Å². The molecule has 1 amide bonds. The zero-order valence-electron chi connectivity index (χ0n) is 17.8. The molecular formula is C23H25N3O5. The summed E-state index contributed by atoms with van der Waals surface area (Å²) < 4.78 is 17.9. The van der Waals surface area contributed by atoms with E-state index in [0.717, 1.165) is 16.6 Å². The Balaban J connectivity index is 1.98. The summed E-state index contributed by atoms with van der Waals surface area (Å²) in [6.07, 6.45) is 0. The quantitative estimate of drug-likeness (QED) is 0.429. The molecule has 8 nitrogen and oxygen atoms in total. The van der Waals surface area contributed by atoms with E-state index in [2.05, 4.69) is 0 Å². The highest BCUT2D eigenvalue weighted by atomic mass is 16.5. The summed E-state index contributed by atoms with van der Waals surface area (Å²) in [6, 6.07) is 14.4. The molecule has 0 saturated carbocycles. The molecular weight excluding hydrogens is 398 g/mol. The third-order valence-electron chi connectivity index (χ3n) is 5.44. The molecule has 0 bridgehead atoms. The molecule has 0 radical (unpaired) electrons. The lowest BCUT2D eigenvalue weighted by atomic mass is 9.89. The number of para-hydroxylation sites is 2. The van der Waals surface area contributed by atoms with Crippen LogP contribution in [0.2, 0.25) is 0 Å². The van der Waals surface area contributed by atoms with Crippen LogP contribution in [-0.2, 0) is 19.1 Å². The Hall–Kier alpha value is -3.39. The van der Waals surface area contributed by atoms with Crippen molar-refractivity contribution in [2.45, 2.75) is 13.0 Å². The van der Waals surface area contributed by atoms with Gasteiger partial charge in [0.15, 0.2) is 5.92 Å². The highest BCUT2D eigenvalue weighted by Crippen LogP contribution is 2.41. The van der Waals surface area contributed by atoms with Gasteiger partial charge in [0.05, 0.1) is 43.9 Å². The van der Waals surface area contributed by atoms with Gasteiger partial charge in [-0.25, -0.2) is 4.98 Å². The number of anilines is 1. The molecule has 162 valence electrons. The van der Waals surface area contributed by atoms with Gasteiger partial charge in [-0.05, 0) is 36.8 Å². The molecule has 0 N–H and O–H groups in total. The topological polar surface area (TPSA) is 82.9 Å². The number of aromatic nitrogens is 2. The molecule has 2 aromatic carbocycles. The third-order valence-corrected chi connectivity index (χ3v) is 5.44. The summed E-state index contributed by atoms with van der Waals surface area (Å²) in [4.78, 5) is 32.9. The van der Waals surface area contributed by atoms with E-state index >= 15 is 0 Å². The second kappa shape index (κ2) is 8.77. The first-order chi connectivity index (χ1) is 15.1. The van der Waals surface area contributed by atoms with Crippen LogP contribution in [0.4, 0.5) is 5.95 Å². The first kappa shape index (κ1) is 20.9. The van der Waals surface area contributed by atoms with E-state index in [1.807, 2.05) is 53.1 Å². The first-order valence-electron chi connectivity index (χ1n) is 10.2. The number of amides is 1. The number of rotatable bonds is 7. The number of fused-ring (bicyclic) bond motifs is 3. The molecule has 2 atom stereocenters. The average Bonchev–Trinajstić information content (AvgIpc) is 3.17. The maximum atomic E-state index is 13.6. The molecule has 0 saturated heterocycles. The van der Waals surface area contributed by atoms with Crippen molar-refractivity contribution in [3.05, 3.63) is 54.1 Å². The number of methoxy groups -OCH3 is 2. The van der Waals surface area contributed by atoms with Crippen molar-refractivity contribution in [3.8, 4) is 5.75 Å². The molecule has 0 aliphatic carbocycles.